The summed E-state index contributed by atoms with van der Waals surface area (Å²) in [5, 5.41) is 3.61. The number of hydrogen-bond acceptors (Lipinski definition) is 3. The van der Waals surface area contributed by atoms with Crippen molar-refractivity contribution in [1.82, 2.24) is 10.2 Å². The first-order valence-corrected chi connectivity index (χ1v) is 8.94. The molecule has 0 bridgehead atoms. The van der Waals surface area contributed by atoms with Gasteiger partial charge in [-0.25, -0.2) is 4.79 Å². The Morgan fingerprint density at radius 2 is 1.82 bits per heavy atom. The van der Waals surface area contributed by atoms with Crippen molar-refractivity contribution < 1.29 is 9.53 Å². The smallest absolute Gasteiger partial charge is 0.410 e. The fraction of sp³-hybridized carbons (Fsp3) is 0.944. The van der Waals surface area contributed by atoms with Crippen molar-refractivity contribution in [2.45, 2.75) is 78.9 Å². The topological polar surface area (TPSA) is 41.6 Å². The fourth-order valence-corrected chi connectivity index (χ4v) is 3.10. The van der Waals surface area contributed by atoms with Crippen LogP contribution in [-0.4, -0.2) is 42.3 Å². The quantitative estimate of drug-likeness (QED) is 0.804. The standard InChI is InChI=1S/C18H36N2O2/c1-7-20(17(21)22-18(4,5)6)13-12-19-16-10-8-15(9-11-16)14(2)3/h14-16,19H,7-13H2,1-6H3. The monoisotopic (exact) mass is 312 g/mol. The summed E-state index contributed by atoms with van der Waals surface area (Å²) >= 11 is 0. The van der Waals surface area contributed by atoms with Gasteiger partial charge in [-0.2, -0.15) is 0 Å². The second-order valence-electron chi connectivity index (χ2n) is 7.87. The molecule has 0 saturated heterocycles. The van der Waals surface area contributed by atoms with E-state index in [0.717, 1.165) is 24.9 Å². The summed E-state index contributed by atoms with van der Waals surface area (Å²) in [5.41, 5.74) is -0.423. The summed E-state index contributed by atoms with van der Waals surface area (Å²) in [7, 11) is 0. The van der Waals surface area contributed by atoms with E-state index in [1.165, 1.54) is 25.7 Å². The molecular weight excluding hydrogens is 276 g/mol. The number of carbonyl (C=O) groups excluding carboxylic acids is 1. The van der Waals surface area contributed by atoms with E-state index in [0.29, 0.717) is 12.6 Å². The summed E-state index contributed by atoms with van der Waals surface area (Å²) in [6.07, 6.45) is 4.99. The Balaban J connectivity index is 2.26. The number of carbonyl (C=O) groups is 1. The third kappa shape index (κ3) is 6.99. The van der Waals surface area contributed by atoms with E-state index in [9.17, 15) is 4.79 Å². The normalized spacial score (nSPS) is 22.7. The minimum atomic E-state index is -0.423. The van der Waals surface area contributed by atoms with Crippen LogP contribution in [0.3, 0.4) is 0 Å². The number of nitrogens with one attached hydrogen (secondary N) is 1. The fourth-order valence-electron chi connectivity index (χ4n) is 3.10. The van der Waals surface area contributed by atoms with Gasteiger partial charge in [0.25, 0.3) is 0 Å². The zero-order valence-electron chi connectivity index (χ0n) is 15.4. The zero-order chi connectivity index (χ0) is 16.8. The highest BCUT2D eigenvalue weighted by molar-refractivity contribution is 5.68. The van der Waals surface area contributed by atoms with Crippen LogP contribution in [0.5, 0.6) is 0 Å². The lowest BCUT2D eigenvalue weighted by molar-refractivity contribution is 0.0260. The molecule has 1 N–H and O–H groups in total. The highest BCUT2D eigenvalue weighted by atomic mass is 16.6. The van der Waals surface area contributed by atoms with E-state index < -0.39 is 5.60 Å². The van der Waals surface area contributed by atoms with Crippen LogP contribution in [0, 0.1) is 11.8 Å². The predicted octanol–water partition coefficient (Wildman–Crippen LogP) is 4.05. The number of rotatable bonds is 6. The van der Waals surface area contributed by atoms with Crippen LogP contribution in [0.4, 0.5) is 4.79 Å². The summed E-state index contributed by atoms with van der Waals surface area (Å²) in [6, 6.07) is 0.618. The van der Waals surface area contributed by atoms with Gasteiger partial charge in [-0.05, 0) is 65.2 Å². The van der Waals surface area contributed by atoms with E-state index in [1.54, 1.807) is 4.90 Å². The van der Waals surface area contributed by atoms with Crippen molar-refractivity contribution in [3.05, 3.63) is 0 Å². The molecule has 1 aliphatic carbocycles. The van der Waals surface area contributed by atoms with Gasteiger partial charge in [0, 0.05) is 25.7 Å². The molecule has 1 aliphatic rings. The van der Waals surface area contributed by atoms with Gasteiger partial charge in [-0.3, -0.25) is 0 Å². The zero-order valence-corrected chi connectivity index (χ0v) is 15.4. The number of ether oxygens (including phenoxy) is 1. The van der Waals surface area contributed by atoms with Crippen molar-refractivity contribution in [3.63, 3.8) is 0 Å². The van der Waals surface area contributed by atoms with Crippen LogP contribution in [0.25, 0.3) is 0 Å². The molecule has 0 aromatic carbocycles. The molecule has 0 atom stereocenters. The van der Waals surface area contributed by atoms with Gasteiger partial charge in [0.2, 0.25) is 0 Å². The highest BCUT2D eigenvalue weighted by Gasteiger charge is 2.24. The Kier molecular flexibility index (Phi) is 7.67. The number of amides is 1. The van der Waals surface area contributed by atoms with Gasteiger partial charge >= 0.3 is 6.09 Å². The maximum Gasteiger partial charge on any atom is 0.410 e. The van der Waals surface area contributed by atoms with Crippen LogP contribution in [0.15, 0.2) is 0 Å². The van der Waals surface area contributed by atoms with Gasteiger partial charge in [-0.1, -0.05) is 13.8 Å². The summed E-state index contributed by atoms with van der Waals surface area (Å²) in [4.78, 5) is 13.8. The average molecular weight is 312 g/mol. The van der Waals surface area contributed by atoms with E-state index in [4.69, 9.17) is 4.74 Å². The SMILES string of the molecule is CCN(CCNC1CCC(C(C)C)CC1)C(=O)OC(C)(C)C. The Labute approximate surface area is 137 Å². The Hall–Kier alpha value is -0.770. The van der Waals surface area contributed by atoms with E-state index in [1.807, 2.05) is 27.7 Å². The third-order valence-electron chi connectivity index (χ3n) is 4.56. The lowest BCUT2D eigenvalue weighted by Gasteiger charge is -2.32. The van der Waals surface area contributed by atoms with Crippen molar-refractivity contribution in [1.29, 1.82) is 0 Å². The van der Waals surface area contributed by atoms with Crippen molar-refractivity contribution in [2.75, 3.05) is 19.6 Å². The molecule has 0 unspecified atom stereocenters. The maximum absolute atomic E-state index is 12.1. The van der Waals surface area contributed by atoms with Crippen molar-refractivity contribution >= 4 is 6.09 Å². The first-order valence-electron chi connectivity index (χ1n) is 8.94. The Morgan fingerprint density at radius 3 is 2.27 bits per heavy atom. The molecule has 130 valence electrons. The van der Waals surface area contributed by atoms with Gasteiger partial charge in [-0.15, -0.1) is 0 Å². The Morgan fingerprint density at radius 1 is 1.23 bits per heavy atom. The van der Waals surface area contributed by atoms with E-state index in [2.05, 4.69) is 19.2 Å². The molecule has 0 radical (unpaired) electrons. The Bertz CT molecular complexity index is 328. The van der Waals surface area contributed by atoms with Crippen LogP contribution in [0.2, 0.25) is 0 Å². The molecule has 4 nitrogen and oxygen atoms in total. The molecule has 22 heavy (non-hydrogen) atoms. The van der Waals surface area contributed by atoms with E-state index in [-0.39, 0.29) is 6.09 Å². The molecule has 1 fully saturated rings. The maximum atomic E-state index is 12.1. The average Bonchev–Trinajstić information content (AvgIpc) is 2.42. The van der Waals surface area contributed by atoms with Crippen LogP contribution >= 0.6 is 0 Å². The van der Waals surface area contributed by atoms with Crippen LogP contribution < -0.4 is 5.32 Å². The van der Waals surface area contributed by atoms with Crippen LogP contribution in [-0.2, 0) is 4.74 Å². The molecule has 1 saturated carbocycles. The molecule has 0 aromatic heterocycles. The first-order chi connectivity index (χ1) is 10.2. The van der Waals surface area contributed by atoms with Gasteiger partial charge in [0.1, 0.15) is 5.60 Å². The van der Waals surface area contributed by atoms with Gasteiger partial charge in [0.15, 0.2) is 0 Å². The minimum absolute atomic E-state index is 0.208. The number of hydrogen-bond donors (Lipinski definition) is 1. The predicted molar refractivity (Wildman–Crippen MR) is 92.1 cm³/mol. The summed E-state index contributed by atoms with van der Waals surface area (Å²) in [5.74, 6) is 1.70. The summed E-state index contributed by atoms with van der Waals surface area (Å²) in [6.45, 7) is 14.6. The largest absolute Gasteiger partial charge is 0.444 e. The van der Waals surface area contributed by atoms with Gasteiger partial charge < -0.3 is 15.0 Å². The second-order valence-corrected chi connectivity index (χ2v) is 7.87. The lowest BCUT2D eigenvalue weighted by atomic mass is 9.80. The van der Waals surface area contributed by atoms with E-state index >= 15 is 0 Å². The van der Waals surface area contributed by atoms with Crippen LogP contribution in [0.1, 0.15) is 67.2 Å². The van der Waals surface area contributed by atoms with Crippen molar-refractivity contribution in [2.24, 2.45) is 11.8 Å². The minimum Gasteiger partial charge on any atom is -0.444 e. The molecular formula is C18H36N2O2. The molecule has 0 aliphatic heterocycles. The van der Waals surface area contributed by atoms with Crippen molar-refractivity contribution in [3.8, 4) is 0 Å². The molecule has 4 heteroatoms. The number of likely N-dealkylation sites (N-methyl/N-ethyl adjacent to an activating group) is 1. The molecule has 0 aromatic rings. The second kappa shape index (κ2) is 8.76. The highest BCUT2D eigenvalue weighted by Crippen LogP contribution is 2.29. The van der Waals surface area contributed by atoms with Gasteiger partial charge in [0.05, 0.1) is 0 Å². The molecule has 1 amide bonds. The summed E-state index contributed by atoms with van der Waals surface area (Å²) < 4.78 is 5.43. The molecule has 0 spiro atoms. The molecule has 0 heterocycles. The first kappa shape index (κ1) is 19.3. The molecule has 1 rings (SSSR count). The third-order valence-corrected chi connectivity index (χ3v) is 4.56. The number of nitrogens with zero attached hydrogens (tertiary/aromatic N) is 1. The lowest BCUT2D eigenvalue weighted by Crippen LogP contribution is -2.43.